The first-order valence-electron chi connectivity index (χ1n) is 7.89. The van der Waals surface area contributed by atoms with Crippen molar-refractivity contribution in [2.45, 2.75) is 0 Å². The Morgan fingerprint density at radius 3 is 1.59 bits per heavy atom. The molecule has 0 radical (unpaired) electrons. The van der Waals surface area contributed by atoms with Gasteiger partial charge in [0.25, 0.3) is 5.43 Å². The van der Waals surface area contributed by atoms with Gasteiger partial charge in [-0.15, -0.1) is 0 Å². The number of carbonyl (C=O) groups excluding carboxylic acids is 2. The lowest BCUT2D eigenvalue weighted by atomic mass is 9.99. The van der Waals surface area contributed by atoms with Crippen LogP contribution >= 0.6 is 0 Å². The van der Waals surface area contributed by atoms with Crippen molar-refractivity contribution in [1.82, 2.24) is 0 Å². The largest absolute Gasteiger partial charge is 0.504 e. The molecular formula is C21H14O6. The van der Waals surface area contributed by atoms with E-state index in [0.717, 1.165) is 0 Å². The molecule has 134 valence electrons. The van der Waals surface area contributed by atoms with Gasteiger partial charge in [0.2, 0.25) is 5.75 Å². The van der Waals surface area contributed by atoms with Crippen LogP contribution in [0.25, 0.3) is 22.3 Å². The fraction of sp³-hybridized carbons (Fsp3) is 0. The van der Waals surface area contributed by atoms with E-state index < -0.39 is 22.7 Å². The van der Waals surface area contributed by atoms with Gasteiger partial charge in [0, 0.05) is 22.3 Å². The minimum atomic E-state index is -1.16. The maximum atomic E-state index is 12.3. The normalized spacial score (nSPS) is 10.4. The molecule has 3 N–H and O–H groups in total. The highest BCUT2D eigenvalue weighted by molar-refractivity contribution is 5.86. The number of benzene rings is 2. The predicted octanol–water partition coefficient (Wildman–Crippen LogP) is 3.12. The van der Waals surface area contributed by atoms with Crippen molar-refractivity contribution in [2.75, 3.05) is 0 Å². The second-order valence-electron chi connectivity index (χ2n) is 5.83. The molecule has 27 heavy (non-hydrogen) atoms. The lowest BCUT2D eigenvalue weighted by molar-refractivity contribution is 0.111. The molecule has 0 aliphatic rings. The monoisotopic (exact) mass is 362 g/mol. The number of aldehydes is 2. The number of carbonyl (C=O) groups is 2. The van der Waals surface area contributed by atoms with E-state index in [0.29, 0.717) is 34.8 Å². The maximum Gasteiger partial charge on any atom is 0.266 e. The summed E-state index contributed by atoms with van der Waals surface area (Å²) < 4.78 is 0. The van der Waals surface area contributed by atoms with Gasteiger partial charge in [-0.2, -0.15) is 0 Å². The minimum Gasteiger partial charge on any atom is -0.504 e. The van der Waals surface area contributed by atoms with Gasteiger partial charge in [0.15, 0.2) is 11.5 Å². The van der Waals surface area contributed by atoms with Crippen LogP contribution in [0.1, 0.15) is 20.7 Å². The van der Waals surface area contributed by atoms with Crippen LogP contribution in [-0.4, -0.2) is 27.9 Å². The Bertz CT molecular complexity index is 1120. The van der Waals surface area contributed by atoms with Crippen molar-refractivity contribution in [1.29, 1.82) is 0 Å². The summed E-state index contributed by atoms with van der Waals surface area (Å²) in [5.74, 6) is -2.52. The summed E-state index contributed by atoms with van der Waals surface area (Å²) in [6.07, 6.45) is 1.24. The molecule has 0 spiro atoms. The summed E-state index contributed by atoms with van der Waals surface area (Å²) in [6, 6.07) is 13.7. The number of aromatic hydroxyl groups is 3. The van der Waals surface area contributed by atoms with E-state index >= 15 is 0 Å². The van der Waals surface area contributed by atoms with Crippen LogP contribution in [0.4, 0.5) is 0 Å². The second-order valence-corrected chi connectivity index (χ2v) is 5.83. The van der Waals surface area contributed by atoms with Crippen molar-refractivity contribution in [3.63, 3.8) is 0 Å². The molecule has 0 heterocycles. The Kier molecular flexibility index (Phi) is 4.72. The average molecular weight is 362 g/mol. The molecule has 3 rings (SSSR count). The zero-order chi connectivity index (χ0) is 19.6. The van der Waals surface area contributed by atoms with Crippen molar-refractivity contribution in [3.8, 4) is 39.5 Å². The fourth-order valence-corrected chi connectivity index (χ4v) is 2.75. The van der Waals surface area contributed by atoms with Gasteiger partial charge in [0.1, 0.15) is 12.6 Å². The van der Waals surface area contributed by atoms with Crippen LogP contribution in [0, 0.1) is 0 Å². The lowest BCUT2D eigenvalue weighted by Crippen LogP contribution is -1.97. The molecule has 6 nitrogen and oxygen atoms in total. The van der Waals surface area contributed by atoms with E-state index in [1.165, 1.54) is 18.2 Å². The molecule has 0 saturated carbocycles. The molecule has 3 aromatic rings. The van der Waals surface area contributed by atoms with E-state index in [4.69, 9.17) is 0 Å². The zero-order valence-corrected chi connectivity index (χ0v) is 13.9. The molecule has 6 heteroatoms. The van der Waals surface area contributed by atoms with E-state index in [2.05, 4.69) is 0 Å². The molecule has 0 amide bonds. The Balaban J connectivity index is 2.40. The summed E-state index contributed by atoms with van der Waals surface area (Å²) in [4.78, 5) is 34.3. The fourth-order valence-electron chi connectivity index (χ4n) is 2.75. The second kappa shape index (κ2) is 7.13. The van der Waals surface area contributed by atoms with Crippen molar-refractivity contribution in [2.24, 2.45) is 0 Å². The molecule has 0 saturated heterocycles. The predicted molar refractivity (Wildman–Crippen MR) is 99.4 cm³/mol. The highest BCUT2D eigenvalue weighted by atomic mass is 16.3. The highest BCUT2D eigenvalue weighted by Gasteiger charge is 2.18. The first-order valence-corrected chi connectivity index (χ1v) is 7.89. The molecule has 0 aliphatic carbocycles. The van der Waals surface area contributed by atoms with Gasteiger partial charge in [-0.1, -0.05) is 36.4 Å². The van der Waals surface area contributed by atoms with Crippen LogP contribution in [0.15, 0.2) is 59.4 Å². The van der Waals surface area contributed by atoms with Gasteiger partial charge in [-0.25, -0.2) is 0 Å². The van der Waals surface area contributed by atoms with Crippen LogP contribution in [-0.2, 0) is 0 Å². The maximum absolute atomic E-state index is 12.3. The average Bonchev–Trinajstić information content (AvgIpc) is 2.79. The third-order valence-corrected chi connectivity index (χ3v) is 4.12. The lowest BCUT2D eigenvalue weighted by Gasteiger charge is -2.06. The Labute approximate surface area is 153 Å². The Morgan fingerprint density at radius 1 is 0.630 bits per heavy atom. The molecule has 0 aromatic heterocycles. The van der Waals surface area contributed by atoms with E-state index in [1.54, 1.807) is 36.4 Å². The number of rotatable bonds is 4. The summed E-state index contributed by atoms with van der Waals surface area (Å²) >= 11 is 0. The molecule has 3 aromatic carbocycles. The smallest absolute Gasteiger partial charge is 0.266 e. The third kappa shape index (κ3) is 3.28. The first-order chi connectivity index (χ1) is 13.0. The van der Waals surface area contributed by atoms with Gasteiger partial charge in [-0.3, -0.25) is 14.4 Å². The summed E-state index contributed by atoms with van der Waals surface area (Å²) in [6.45, 7) is 0. The summed E-state index contributed by atoms with van der Waals surface area (Å²) in [7, 11) is 0. The SMILES string of the molecule is O=Cc1cccc(-c2cc(-c3cccc(C=O)c3)c(O)c(=O)c(O)c2O)c1. The van der Waals surface area contributed by atoms with Gasteiger partial charge >= 0.3 is 0 Å². The summed E-state index contributed by atoms with van der Waals surface area (Å²) in [5.41, 5.74) is 0.257. The molecule has 0 fully saturated rings. The molecule has 0 bridgehead atoms. The van der Waals surface area contributed by atoms with Gasteiger partial charge < -0.3 is 15.3 Å². The van der Waals surface area contributed by atoms with Gasteiger partial charge in [0.05, 0.1) is 0 Å². The van der Waals surface area contributed by atoms with Crippen molar-refractivity contribution < 1.29 is 24.9 Å². The minimum absolute atomic E-state index is 0.0193. The quantitative estimate of drug-likeness (QED) is 0.615. The van der Waals surface area contributed by atoms with Crippen LogP contribution < -0.4 is 5.43 Å². The van der Waals surface area contributed by atoms with Crippen LogP contribution in [0.3, 0.4) is 0 Å². The molecule has 0 atom stereocenters. The topological polar surface area (TPSA) is 112 Å². The van der Waals surface area contributed by atoms with Crippen molar-refractivity contribution >= 4 is 12.6 Å². The van der Waals surface area contributed by atoms with Crippen molar-refractivity contribution in [3.05, 3.63) is 75.9 Å². The van der Waals surface area contributed by atoms with Crippen LogP contribution in [0.2, 0.25) is 0 Å². The molecule has 0 aliphatic heterocycles. The Morgan fingerprint density at radius 2 is 1.11 bits per heavy atom. The Hall–Kier alpha value is -3.93. The zero-order valence-electron chi connectivity index (χ0n) is 13.9. The molecular weight excluding hydrogens is 348 g/mol. The first kappa shape index (κ1) is 17.9. The summed E-state index contributed by atoms with van der Waals surface area (Å²) in [5, 5.41) is 30.7. The number of hydrogen-bond donors (Lipinski definition) is 3. The highest BCUT2D eigenvalue weighted by Crippen LogP contribution is 2.39. The van der Waals surface area contributed by atoms with E-state index in [-0.39, 0.29) is 11.1 Å². The van der Waals surface area contributed by atoms with E-state index in [1.807, 2.05) is 0 Å². The number of hydrogen-bond acceptors (Lipinski definition) is 6. The van der Waals surface area contributed by atoms with E-state index in [9.17, 15) is 29.7 Å². The molecule has 0 unspecified atom stereocenters. The van der Waals surface area contributed by atoms with Crippen LogP contribution in [0.5, 0.6) is 17.2 Å². The van der Waals surface area contributed by atoms with Gasteiger partial charge in [-0.05, 0) is 29.3 Å². The third-order valence-electron chi connectivity index (χ3n) is 4.12. The standard InChI is InChI=1S/C21H14O6/c22-10-12-3-1-5-14(7-12)16-9-17(15-6-2-4-13(8-15)11-23)19(25)21(27)20(26)18(16)24/h1-11H,(H3,24,25,26,27).